The van der Waals surface area contributed by atoms with Crippen molar-refractivity contribution in [2.45, 2.75) is 13.8 Å². The summed E-state index contributed by atoms with van der Waals surface area (Å²) in [6.07, 6.45) is 0. The molecule has 0 atom stereocenters. The number of hydrogen-bond donors (Lipinski definition) is 2. The van der Waals surface area contributed by atoms with Gasteiger partial charge < -0.3 is 24.2 Å². The molecule has 16 heavy (non-hydrogen) atoms. The zero-order valence-corrected chi connectivity index (χ0v) is 9.34. The first-order valence-corrected chi connectivity index (χ1v) is 5.09. The van der Waals surface area contributed by atoms with Crippen LogP contribution in [0.4, 0.5) is 0 Å². The quantitative estimate of drug-likeness (QED) is 0.703. The Balaban J connectivity index is 2.87. The first-order valence-electron chi connectivity index (χ1n) is 5.09. The number of benzene rings is 1. The fourth-order valence-electron chi connectivity index (χ4n) is 1.23. The standard InChI is InChI=1S/C10H15BO5/c1-3-14-9-6-5-8(16-11(12)13)7-10(9)15-4-2/h5-7,12-13H,3-4H2,1-2H3. The maximum absolute atomic E-state index is 8.66. The van der Waals surface area contributed by atoms with Gasteiger partial charge in [-0.15, -0.1) is 0 Å². The van der Waals surface area contributed by atoms with Gasteiger partial charge in [0, 0.05) is 6.07 Å². The van der Waals surface area contributed by atoms with Crippen LogP contribution in [0.25, 0.3) is 0 Å². The van der Waals surface area contributed by atoms with Crippen LogP contribution in [0.3, 0.4) is 0 Å². The third-order valence-corrected chi connectivity index (χ3v) is 1.76. The van der Waals surface area contributed by atoms with Crippen molar-refractivity contribution >= 4 is 7.32 Å². The van der Waals surface area contributed by atoms with Gasteiger partial charge in [0.1, 0.15) is 5.75 Å². The number of ether oxygens (including phenoxy) is 2. The second kappa shape index (κ2) is 6.24. The minimum absolute atomic E-state index is 0.307. The van der Waals surface area contributed by atoms with Gasteiger partial charge in [-0.3, -0.25) is 0 Å². The summed E-state index contributed by atoms with van der Waals surface area (Å²) in [4.78, 5) is 0. The van der Waals surface area contributed by atoms with E-state index in [0.717, 1.165) is 0 Å². The Morgan fingerprint density at radius 2 is 1.69 bits per heavy atom. The topological polar surface area (TPSA) is 68.2 Å². The molecule has 0 unspecified atom stereocenters. The fourth-order valence-corrected chi connectivity index (χ4v) is 1.23. The van der Waals surface area contributed by atoms with Crippen LogP contribution in [0.1, 0.15) is 13.8 Å². The maximum atomic E-state index is 8.66. The average molecular weight is 226 g/mol. The van der Waals surface area contributed by atoms with Crippen molar-refractivity contribution in [2.24, 2.45) is 0 Å². The van der Waals surface area contributed by atoms with Crippen LogP contribution in [0, 0.1) is 0 Å². The normalized spacial score (nSPS) is 9.75. The lowest BCUT2D eigenvalue weighted by atomic mass is 10.2. The van der Waals surface area contributed by atoms with Gasteiger partial charge >= 0.3 is 7.32 Å². The molecule has 6 heteroatoms. The van der Waals surface area contributed by atoms with Gasteiger partial charge in [0.05, 0.1) is 13.2 Å². The Kier molecular flexibility index (Phi) is 4.95. The van der Waals surface area contributed by atoms with Crippen molar-refractivity contribution < 1.29 is 24.2 Å². The number of hydrogen-bond acceptors (Lipinski definition) is 5. The molecule has 0 radical (unpaired) electrons. The molecule has 0 saturated heterocycles. The van der Waals surface area contributed by atoms with E-state index in [1.54, 1.807) is 18.2 Å². The van der Waals surface area contributed by atoms with Gasteiger partial charge in [-0.2, -0.15) is 0 Å². The Bertz CT molecular complexity index is 329. The smallest absolute Gasteiger partial charge is 0.512 e. The molecule has 1 rings (SSSR count). The fraction of sp³-hybridized carbons (Fsp3) is 0.400. The predicted molar refractivity (Wildman–Crippen MR) is 59.6 cm³/mol. The average Bonchev–Trinajstić information content (AvgIpc) is 2.21. The lowest BCUT2D eigenvalue weighted by Gasteiger charge is -2.12. The van der Waals surface area contributed by atoms with E-state index in [2.05, 4.69) is 0 Å². The molecule has 0 fully saturated rings. The summed E-state index contributed by atoms with van der Waals surface area (Å²) in [6.45, 7) is 4.75. The molecule has 1 aromatic carbocycles. The van der Waals surface area contributed by atoms with Crippen LogP contribution in [0.15, 0.2) is 18.2 Å². The molecule has 0 heterocycles. The van der Waals surface area contributed by atoms with Gasteiger partial charge in [0.2, 0.25) is 0 Å². The first-order chi connectivity index (χ1) is 7.67. The van der Waals surface area contributed by atoms with Crippen LogP contribution in [-0.2, 0) is 0 Å². The summed E-state index contributed by atoms with van der Waals surface area (Å²) in [7, 11) is -1.84. The molecule has 0 aliphatic rings. The summed E-state index contributed by atoms with van der Waals surface area (Å²) in [5.74, 6) is 1.42. The molecule has 0 aliphatic heterocycles. The lowest BCUT2D eigenvalue weighted by molar-refractivity contribution is 0.277. The van der Waals surface area contributed by atoms with Crippen molar-refractivity contribution in [3.63, 3.8) is 0 Å². The Morgan fingerprint density at radius 1 is 1.06 bits per heavy atom. The second-order valence-electron chi connectivity index (χ2n) is 2.92. The van der Waals surface area contributed by atoms with E-state index in [9.17, 15) is 0 Å². The van der Waals surface area contributed by atoms with E-state index in [1.807, 2.05) is 13.8 Å². The zero-order chi connectivity index (χ0) is 12.0. The Hall–Kier alpha value is -1.40. The third-order valence-electron chi connectivity index (χ3n) is 1.76. The van der Waals surface area contributed by atoms with Crippen molar-refractivity contribution in [3.8, 4) is 17.2 Å². The van der Waals surface area contributed by atoms with Crippen molar-refractivity contribution in [1.82, 2.24) is 0 Å². The third kappa shape index (κ3) is 3.64. The molecule has 1 aromatic rings. The van der Waals surface area contributed by atoms with E-state index in [-0.39, 0.29) is 0 Å². The van der Waals surface area contributed by atoms with E-state index >= 15 is 0 Å². The molecule has 2 N–H and O–H groups in total. The summed E-state index contributed by atoms with van der Waals surface area (Å²) < 4.78 is 15.4. The monoisotopic (exact) mass is 226 g/mol. The largest absolute Gasteiger partial charge is 0.707 e. The maximum Gasteiger partial charge on any atom is 0.707 e. The van der Waals surface area contributed by atoms with E-state index in [0.29, 0.717) is 30.5 Å². The van der Waals surface area contributed by atoms with Crippen LogP contribution < -0.4 is 14.1 Å². The molecule has 5 nitrogen and oxygen atoms in total. The van der Waals surface area contributed by atoms with Gasteiger partial charge in [0.25, 0.3) is 0 Å². The van der Waals surface area contributed by atoms with Crippen molar-refractivity contribution in [3.05, 3.63) is 18.2 Å². The van der Waals surface area contributed by atoms with Crippen LogP contribution in [0.5, 0.6) is 17.2 Å². The molecular weight excluding hydrogens is 211 g/mol. The van der Waals surface area contributed by atoms with Crippen molar-refractivity contribution in [1.29, 1.82) is 0 Å². The highest BCUT2D eigenvalue weighted by Crippen LogP contribution is 2.31. The summed E-state index contributed by atoms with van der Waals surface area (Å²) >= 11 is 0. The Labute approximate surface area is 94.7 Å². The second-order valence-corrected chi connectivity index (χ2v) is 2.92. The highest BCUT2D eigenvalue weighted by atomic mass is 16.6. The predicted octanol–water partition coefficient (Wildman–Crippen LogP) is 0.832. The van der Waals surface area contributed by atoms with Crippen LogP contribution >= 0.6 is 0 Å². The highest BCUT2D eigenvalue weighted by molar-refractivity contribution is 6.33. The van der Waals surface area contributed by atoms with E-state index in [1.165, 1.54) is 0 Å². The molecule has 88 valence electrons. The van der Waals surface area contributed by atoms with E-state index < -0.39 is 7.32 Å². The van der Waals surface area contributed by atoms with Gasteiger partial charge in [-0.1, -0.05) is 0 Å². The molecule has 0 aromatic heterocycles. The lowest BCUT2D eigenvalue weighted by Crippen LogP contribution is -2.20. The highest BCUT2D eigenvalue weighted by Gasteiger charge is 2.13. The molecule has 0 saturated carbocycles. The Morgan fingerprint density at radius 3 is 2.25 bits per heavy atom. The SMILES string of the molecule is CCOc1ccc(OB(O)O)cc1OCC. The molecule has 0 spiro atoms. The zero-order valence-electron chi connectivity index (χ0n) is 9.34. The first kappa shape index (κ1) is 12.7. The van der Waals surface area contributed by atoms with Gasteiger partial charge in [-0.05, 0) is 26.0 Å². The van der Waals surface area contributed by atoms with Crippen molar-refractivity contribution in [2.75, 3.05) is 13.2 Å². The molecule has 0 bridgehead atoms. The van der Waals surface area contributed by atoms with E-state index in [4.69, 9.17) is 24.2 Å². The molecule has 0 amide bonds. The summed E-state index contributed by atoms with van der Waals surface area (Å²) in [5, 5.41) is 17.3. The van der Waals surface area contributed by atoms with Gasteiger partial charge in [0.15, 0.2) is 11.5 Å². The summed E-state index contributed by atoms with van der Waals surface area (Å²) in [5.41, 5.74) is 0. The van der Waals surface area contributed by atoms with Gasteiger partial charge in [-0.25, -0.2) is 0 Å². The minimum Gasteiger partial charge on any atom is -0.512 e. The molecule has 0 aliphatic carbocycles. The minimum atomic E-state index is -1.84. The van der Waals surface area contributed by atoms with Crippen LogP contribution in [-0.4, -0.2) is 30.6 Å². The number of rotatable bonds is 6. The summed E-state index contributed by atoms with van der Waals surface area (Å²) in [6, 6.07) is 4.78. The molecular formula is C10H15BO5. The van der Waals surface area contributed by atoms with Crippen LogP contribution in [0.2, 0.25) is 0 Å².